The van der Waals surface area contributed by atoms with Crippen LogP contribution in [0.5, 0.6) is 0 Å². The fourth-order valence-corrected chi connectivity index (χ4v) is 1.55. The lowest BCUT2D eigenvalue weighted by Crippen LogP contribution is -2.08. The summed E-state index contributed by atoms with van der Waals surface area (Å²) in [4.78, 5) is 31.9. The number of carbonyl (C=O) groups is 3. The number of rotatable bonds is 8. The lowest BCUT2D eigenvalue weighted by Gasteiger charge is -2.03. The van der Waals surface area contributed by atoms with Gasteiger partial charge in [-0.25, -0.2) is 14.4 Å². The van der Waals surface area contributed by atoms with Crippen LogP contribution in [-0.2, 0) is 23.9 Å². The second-order valence-corrected chi connectivity index (χ2v) is 6.03. The second-order valence-electron chi connectivity index (χ2n) is 6.03. The molecule has 6 heteroatoms. The molecule has 1 aromatic rings. The molecule has 0 unspecified atom stereocenters. The van der Waals surface area contributed by atoms with Crippen LogP contribution in [0.1, 0.15) is 39.2 Å². The average molecular weight is 417 g/mol. The molecule has 0 saturated heterocycles. The first-order valence-electron chi connectivity index (χ1n) is 9.29. The number of hydrogen-bond acceptors (Lipinski definition) is 5. The van der Waals surface area contributed by atoms with Gasteiger partial charge in [0.05, 0.1) is 19.3 Å². The minimum Gasteiger partial charge on any atom is -0.478 e. The highest BCUT2D eigenvalue weighted by Gasteiger charge is 2.08. The molecule has 6 nitrogen and oxygen atoms in total. The number of methoxy groups -OCH3 is 1. The molecule has 0 aliphatic rings. The van der Waals surface area contributed by atoms with Crippen LogP contribution in [0.4, 0.5) is 0 Å². The fourth-order valence-electron chi connectivity index (χ4n) is 1.55. The van der Waals surface area contributed by atoms with E-state index >= 15 is 0 Å². The van der Waals surface area contributed by atoms with Gasteiger partial charge in [-0.1, -0.05) is 69.5 Å². The van der Waals surface area contributed by atoms with Gasteiger partial charge in [-0.2, -0.15) is 0 Å². The number of aliphatic carboxylic acids is 1. The Morgan fingerprint density at radius 3 is 1.97 bits per heavy atom. The van der Waals surface area contributed by atoms with Gasteiger partial charge in [0.15, 0.2) is 0 Å². The summed E-state index contributed by atoms with van der Waals surface area (Å²) in [7, 11) is 1.33. The standard InChI is InChI=1S/C11H16O4.C8H8.C5H8O2/c1-4-5-6-15-11(14)9(3)7-8(2)10(12)13;1-2-8-6-4-3-5-7-8;1-4(2)5(6)7-3/h7H,3-6H2,1-2H3,(H,12,13);2-7H,1H2;1H2,2-3H3. The van der Waals surface area contributed by atoms with Crippen molar-refractivity contribution in [2.45, 2.75) is 33.6 Å². The molecule has 30 heavy (non-hydrogen) atoms. The Bertz CT molecular complexity index is 744. The third-order valence-electron chi connectivity index (χ3n) is 3.29. The zero-order chi connectivity index (χ0) is 23.5. The summed E-state index contributed by atoms with van der Waals surface area (Å²) < 4.78 is 9.12. The minimum absolute atomic E-state index is 0.0611. The van der Waals surface area contributed by atoms with Crippen molar-refractivity contribution in [3.8, 4) is 0 Å². The number of hydrogen-bond donors (Lipinski definition) is 1. The topological polar surface area (TPSA) is 89.9 Å². The molecule has 1 aromatic carbocycles. The summed E-state index contributed by atoms with van der Waals surface area (Å²) in [6.45, 7) is 15.7. The summed E-state index contributed by atoms with van der Waals surface area (Å²) in [6, 6.07) is 10.0. The van der Waals surface area contributed by atoms with Gasteiger partial charge >= 0.3 is 17.9 Å². The van der Waals surface area contributed by atoms with Gasteiger partial charge in [0.2, 0.25) is 0 Å². The molecule has 0 heterocycles. The van der Waals surface area contributed by atoms with E-state index in [0.29, 0.717) is 12.2 Å². The number of unbranched alkanes of at least 4 members (excludes halogenated alkanes) is 1. The molecular weight excluding hydrogens is 384 g/mol. The Hall–Kier alpha value is -3.41. The highest BCUT2D eigenvalue weighted by Crippen LogP contribution is 2.03. The zero-order valence-electron chi connectivity index (χ0n) is 18.3. The van der Waals surface area contributed by atoms with E-state index in [-0.39, 0.29) is 17.1 Å². The van der Waals surface area contributed by atoms with Crippen molar-refractivity contribution in [2.75, 3.05) is 13.7 Å². The third-order valence-corrected chi connectivity index (χ3v) is 3.29. The first-order valence-corrected chi connectivity index (χ1v) is 9.29. The van der Waals surface area contributed by atoms with E-state index < -0.39 is 11.9 Å². The Labute approximate surface area is 179 Å². The number of carbonyl (C=O) groups excluding carboxylic acids is 2. The summed E-state index contributed by atoms with van der Waals surface area (Å²) >= 11 is 0. The normalized spacial score (nSPS) is 9.53. The summed E-state index contributed by atoms with van der Waals surface area (Å²) in [6.07, 6.45) is 4.76. The molecule has 1 N–H and O–H groups in total. The maximum atomic E-state index is 11.2. The van der Waals surface area contributed by atoms with Gasteiger partial charge in [-0.3, -0.25) is 0 Å². The van der Waals surface area contributed by atoms with Crippen molar-refractivity contribution in [3.63, 3.8) is 0 Å². The maximum Gasteiger partial charge on any atom is 0.337 e. The van der Waals surface area contributed by atoms with Crippen molar-refractivity contribution < 1.29 is 29.0 Å². The Morgan fingerprint density at radius 2 is 1.63 bits per heavy atom. The summed E-state index contributed by atoms with van der Waals surface area (Å²) in [5, 5.41) is 8.57. The lowest BCUT2D eigenvalue weighted by atomic mass is 10.2. The highest BCUT2D eigenvalue weighted by molar-refractivity contribution is 5.94. The van der Waals surface area contributed by atoms with Crippen LogP contribution in [0.25, 0.3) is 6.08 Å². The Balaban J connectivity index is 0. The first-order chi connectivity index (χ1) is 14.1. The zero-order valence-corrected chi connectivity index (χ0v) is 18.3. The SMILES string of the molecule is C=C(C)C(=O)OC.C=C(C=C(C)C(=O)O)C(=O)OCCCC.C=Cc1ccccc1. The van der Waals surface area contributed by atoms with Crippen LogP contribution >= 0.6 is 0 Å². The molecule has 0 aromatic heterocycles. The number of benzene rings is 1. The number of ether oxygens (including phenoxy) is 2. The van der Waals surface area contributed by atoms with Crippen molar-refractivity contribution in [3.05, 3.63) is 78.4 Å². The van der Waals surface area contributed by atoms with Crippen molar-refractivity contribution in [2.24, 2.45) is 0 Å². The van der Waals surface area contributed by atoms with Crippen LogP contribution in [0.3, 0.4) is 0 Å². The van der Waals surface area contributed by atoms with E-state index in [1.165, 1.54) is 25.7 Å². The van der Waals surface area contributed by atoms with Gasteiger partial charge in [-0.15, -0.1) is 0 Å². The minimum atomic E-state index is -1.07. The predicted molar refractivity (Wildman–Crippen MR) is 120 cm³/mol. The number of esters is 2. The molecule has 0 atom stereocenters. The summed E-state index contributed by atoms with van der Waals surface area (Å²) in [5.74, 6) is -1.98. The van der Waals surface area contributed by atoms with Crippen LogP contribution < -0.4 is 0 Å². The summed E-state index contributed by atoms with van der Waals surface area (Å²) in [5.41, 5.74) is 1.73. The molecule has 1 rings (SSSR count). The molecule has 0 aliphatic heterocycles. The van der Waals surface area contributed by atoms with Crippen LogP contribution in [-0.4, -0.2) is 36.7 Å². The van der Waals surface area contributed by atoms with Gasteiger partial charge in [-0.05, 0) is 31.9 Å². The Kier molecular flexibility index (Phi) is 17.0. The maximum absolute atomic E-state index is 11.2. The molecule has 0 aliphatic carbocycles. The Morgan fingerprint density at radius 1 is 1.07 bits per heavy atom. The van der Waals surface area contributed by atoms with E-state index in [1.807, 2.05) is 43.3 Å². The van der Waals surface area contributed by atoms with Gasteiger partial charge < -0.3 is 14.6 Å². The van der Waals surface area contributed by atoms with E-state index in [0.717, 1.165) is 12.8 Å². The molecule has 0 bridgehead atoms. The van der Waals surface area contributed by atoms with Crippen LogP contribution in [0, 0.1) is 0 Å². The van der Waals surface area contributed by atoms with Crippen molar-refractivity contribution >= 4 is 24.0 Å². The molecule has 0 spiro atoms. The van der Waals surface area contributed by atoms with Gasteiger partial charge in [0.25, 0.3) is 0 Å². The lowest BCUT2D eigenvalue weighted by molar-refractivity contribution is -0.138. The third kappa shape index (κ3) is 15.6. The number of carboxylic acid groups (broad SMARTS) is 1. The van der Waals surface area contributed by atoms with Gasteiger partial charge in [0.1, 0.15) is 0 Å². The number of carboxylic acids is 1. The van der Waals surface area contributed by atoms with Gasteiger partial charge in [0, 0.05) is 11.1 Å². The van der Waals surface area contributed by atoms with Crippen molar-refractivity contribution in [1.82, 2.24) is 0 Å². The van der Waals surface area contributed by atoms with E-state index in [2.05, 4.69) is 24.5 Å². The fraction of sp³-hybridized carbons (Fsp3) is 0.292. The molecule has 0 fully saturated rings. The predicted octanol–water partition coefficient (Wildman–Crippen LogP) is 4.98. The smallest absolute Gasteiger partial charge is 0.337 e. The van der Waals surface area contributed by atoms with Crippen molar-refractivity contribution in [1.29, 1.82) is 0 Å². The van der Waals surface area contributed by atoms with E-state index in [1.54, 1.807) is 6.92 Å². The first kappa shape index (κ1) is 28.8. The highest BCUT2D eigenvalue weighted by atomic mass is 16.5. The second kappa shape index (κ2) is 17.7. The largest absolute Gasteiger partial charge is 0.478 e. The van der Waals surface area contributed by atoms with E-state index in [4.69, 9.17) is 9.84 Å². The molecule has 164 valence electrons. The molecular formula is C24H32O6. The average Bonchev–Trinajstić information content (AvgIpc) is 2.74. The molecule has 0 saturated carbocycles. The quantitative estimate of drug-likeness (QED) is 0.278. The molecule has 0 radical (unpaired) electrons. The molecule has 0 amide bonds. The van der Waals surface area contributed by atoms with Crippen LogP contribution in [0.15, 0.2) is 72.9 Å². The van der Waals surface area contributed by atoms with Crippen LogP contribution in [0.2, 0.25) is 0 Å². The van der Waals surface area contributed by atoms with E-state index in [9.17, 15) is 14.4 Å². The monoisotopic (exact) mass is 416 g/mol.